The van der Waals surface area contributed by atoms with Gasteiger partial charge in [0.1, 0.15) is 0 Å². The molecule has 7 nitrogen and oxygen atoms in total. The van der Waals surface area contributed by atoms with Crippen molar-refractivity contribution in [3.63, 3.8) is 0 Å². The van der Waals surface area contributed by atoms with E-state index < -0.39 is 0 Å². The van der Waals surface area contributed by atoms with Crippen LogP contribution in [0.5, 0.6) is 0 Å². The Labute approximate surface area is 158 Å². The first-order valence-corrected chi connectivity index (χ1v) is 9.97. The average Bonchev–Trinajstić information content (AvgIpc) is 3.14. The molecule has 1 saturated heterocycles. The van der Waals surface area contributed by atoms with Crippen LogP contribution in [0.1, 0.15) is 51.0 Å². The Morgan fingerprint density at radius 1 is 1.19 bits per heavy atom. The summed E-state index contributed by atoms with van der Waals surface area (Å²) in [6.07, 6.45) is 2.37. The van der Waals surface area contributed by atoms with Gasteiger partial charge in [-0.15, -0.1) is 0 Å². The summed E-state index contributed by atoms with van der Waals surface area (Å²) in [5.74, 6) is 2.03. The molecule has 2 rings (SSSR count). The summed E-state index contributed by atoms with van der Waals surface area (Å²) in [5, 5.41) is 10.7. The second-order valence-corrected chi connectivity index (χ2v) is 7.21. The highest BCUT2D eigenvalue weighted by Crippen LogP contribution is 2.13. The largest absolute Gasteiger partial charge is 0.359 e. The van der Waals surface area contributed by atoms with E-state index in [1.54, 1.807) is 7.05 Å². The van der Waals surface area contributed by atoms with E-state index in [0.29, 0.717) is 12.5 Å². The molecule has 26 heavy (non-hydrogen) atoms. The number of aromatic nitrogens is 1. The summed E-state index contributed by atoms with van der Waals surface area (Å²) < 4.78 is 5.34. The summed E-state index contributed by atoms with van der Waals surface area (Å²) >= 11 is 0. The van der Waals surface area contributed by atoms with Crippen molar-refractivity contribution in [1.29, 1.82) is 0 Å². The lowest BCUT2D eigenvalue weighted by molar-refractivity contribution is 0.136. The van der Waals surface area contributed by atoms with Gasteiger partial charge in [0.15, 0.2) is 11.7 Å². The number of nitrogens with one attached hydrogen (secondary N) is 2. The summed E-state index contributed by atoms with van der Waals surface area (Å²) in [6, 6.07) is 2.00. The quantitative estimate of drug-likeness (QED) is 0.396. The van der Waals surface area contributed by atoms with Gasteiger partial charge in [0.05, 0.1) is 12.2 Å². The molecule has 2 N–H and O–H groups in total. The summed E-state index contributed by atoms with van der Waals surface area (Å²) in [7, 11) is 1.79. The number of hydrogen-bond acceptors (Lipinski definition) is 5. The number of hydrogen-bond donors (Lipinski definition) is 2. The van der Waals surface area contributed by atoms with E-state index in [4.69, 9.17) is 4.52 Å². The molecule has 0 radical (unpaired) electrons. The van der Waals surface area contributed by atoms with Gasteiger partial charge < -0.3 is 25.0 Å². The maximum atomic E-state index is 5.34. The highest BCUT2D eigenvalue weighted by Gasteiger charge is 2.14. The van der Waals surface area contributed by atoms with Gasteiger partial charge in [0, 0.05) is 45.8 Å². The highest BCUT2D eigenvalue weighted by molar-refractivity contribution is 5.79. The zero-order valence-electron chi connectivity index (χ0n) is 16.9. The number of nitrogens with zero attached hydrogens (tertiary/aromatic N) is 4. The van der Waals surface area contributed by atoms with Crippen LogP contribution < -0.4 is 10.6 Å². The van der Waals surface area contributed by atoms with Crippen molar-refractivity contribution < 1.29 is 4.52 Å². The fourth-order valence-corrected chi connectivity index (χ4v) is 3.07. The number of likely N-dealkylation sites (N-methyl/N-ethyl adjacent to an activating group) is 1. The molecule has 0 spiro atoms. The second-order valence-electron chi connectivity index (χ2n) is 7.21. The topological polar surface area (TPSA) is 68.9 Å². The van der Waals surface area contributed by atoms with Crippen LogP contribution >= 0.6 is 0 Å². The van der Waals surface area contributed by atoms with E-state index in [1.165, 1.54) is 45.7 Å². The molecule has 0 amide bonds. The minimum Gasteiger partial charge on any atom is -0.359 e. The minimum absolute atomic E-state index is 0.384. The van der Waals surface area contributed by atoms with Crippen molar-refractivity contribution in [2.24, 2.45) is 4.99 Å². The summed E-state index contributed by atoms with van der Waals surface area (Å²) in [4.78, 5) is 9.37. The van der Waals surface area contributed by atoms with Gasteiger partial charge in [-0.2, -0.15) is 0 Å². The van der Waals surface area contributed by atoms with Gasteiger partial charge in [-0.3, -0.25) is 4.99 Å². The summed E-state index contributed by atoms with van der Waals surface area (Å²) in [5.41, 5.74) is 0.990. The Bertz CT molecular complexity index is 534. The van der Waals surface area contributed by atoms with Crippen LogP contribution in [0, 0.1) is 0 Å². The Morgan fingerprint density at radius 2 is 1.92 bits per heavy atom. The molecule has 0 unspecified atom stereocenters. The Kier molecular flexibility index (Phi) is 8.91. The SMILES string of the molecule is CCN1CCN(CCCCNC(=NC)NCc2cc(C(C)C)no2)CC1. The molecule has 148 valence electrons. The van der Waals surface area contributed by atoms with Gasteiger partial charge in [0.25, 0.3) is 0 Å². The molecule has 7 heteroatoms. The third kappa shape index (κ3) is 6.96. The van der Waals surface area contributed by atoms with Crippen molar-refractivity contribution >= 4 is 5.96 Å². The first kappa shape index (κ1) is 20.7. The molecule has 1 fully saturated rings. The van der Waals surface area contributed by atoms with Gasteiger partial charge >= 0.3 is 0 Å². The molecule has 1 aromatic heterocycles. The fourth-order valence-electron chi connectivity index (χ4n) is 3.07. The molecular weight excluding hydrogens is 328 g/mol. The Balaban J connectivity index is 1.56. The lowest BCUT2D eigenvalue weighted by Gasteiger charge is -2.34. The number of piperazine rings is 1. The third-order valence-electron chi connectivity index (χ3n) is 4.93. The lowest BCUT2D eigenvalue weighted by atomic mass is 10.1. The number of unbranched alkanes of at least 4 members (excludes halogenated alkanes) is 1. The third-order valence-corrected chi connectivity index (χ3v) is 4.93. The normalized spacial score (nSPS) is 17.0. The number of rotatable bonds is 9. The fraction of sp³-hybridized carbons (Fsp3) is 0.789. The van der Waals surface area contributed by atoms with Gasteiger partial charge in [0.2, 0.25) is 0 Å². The molecular formula is C19H36N6O. The molecule has 1 aliphatic rings. The first-order valence-electron chi connectivity index (χ1n) is 9.97. The van der Waals surface area contributed by atoms with Gasteiger partial charge in [-0.05, 0) is 31.8 Å². The van der Waals surface area contributed by atoms with E-state index in [2.05, 4.69) is 51.4 Å². The molecule has 1 aliphatic heterocycles. The zero-order valence-corrected chi connectivity index (χ0v) is 16.9. The second kappa shape index (κ2) is 11.2. The van der Waals surface area contributed by atoms with Crippen LogP contribution in [0.4, 0.5) is 0 Å². The minimum atomic E-state index is 0.384. The van der Waals surface area contributed by atoms with Gasteiger partial charge in [-0.25, -0.2) is 0 Å². The maximum absolute atomic E-state index is 5.34. The van der Waals surface area contributed by atoms with Crippen molar-refractivity contribution in [2.45, 2.75) is 46.1 Å². The first-order chi connectivity index (χ1) is 12.6. The molecule has 2 heterocycles. The van der Waals surface area contributed by atoms with E-state index in [0.717, 1.165) is 30.4 Å². The van der Waals surface area contributed by atoms with E-state index in [1.807, 2.05) is 6.07 Å². The smallest absolute Gasteiger partial charge is 0.191 e. The van der Waals surface area contributed by atoms with Crippen molar-refractivity contribution in [3.05, 3.63) is 17.5 Å². The molecule has 0 saturated carbocycles. The average molecular weight is 365 g/mol. The van der Waals surface area contributed by atoms with Crippen LogP contribution in [0.25, 0.3) is 0 Å². The van der Waals surface area contributed by atoms with E-state index in [-0.39, 0.29) is 0 Å². The zero-order chi connectivity index (χ0) is 18.8. The molecule has 0 aromatic carbocycles. The lowest BCUT2D eigenvalue weighted by Crippen LogP contribution is -2.46. The Hall–Kier alpha value is -1.60. The predicted molar refractivity (Wildman–Crippen MR) is 107 cm³/mol. The van der Waals surface area contributed by atoms with Crippen LogP contribution in [0.2, 0.25) is 0 Å². The van der Waals surface area contributed by atoms with Crippen molar-refractivity contribution in [3.8, 4) is 0 Å². The standard InChI is InChI=1S/C19H36N6O/c1-5-24-10-12-25(13-11-24)9-7-6-8-21-19(20-4)22-15-17-14-18(16(2)3)23-26-17/h14,16H,5-13,15H2,1-4H3,(H2,20,21,22). The van der Waals surface area contributed by atoms with Crippen molar-refractivity contribution in [2.75, 3.05) is 52.9 Å². The van der Waals surface area contributed by atoms with Gasteiger partial charge in [-0.1, -0.05) is 25.9 Å². The Morgan fingerprint density at radius 3 is 2.54 bits per heavy atom. The van der Waals surface area contributed by atoms with Crippen LogP contribution in [0.15, 0.2) is 15.6 Å². The molecule has 1 aromatic rings. The van der Waals surface area contributed by atoms with E-state index in [9.17, 15) is 0 Å². The molecule has 0 aliphatic carbocycles. The predicted octanol–water partition coefficient (Wildman–Crippen LogP) is 1.88. The van der Waals surface area contributed by atoms with Crippen LogP contribution in [0.3, 0.4) is 0 Å². The molecule has 0 bridgehead atoms. The van der Waals surface area contributed by atoms with Crippen LogP contribution in [-0.4, -0.2) is 73.8 Å². The van der Waals surface area contributed by atoms with E-state index >= 15 is 0 Å². The number of aliphatic imine (C=N–C) groups is 1. The number of guanidine groups is 1. The monoisotopic (exact) mass is 364 g/mol. The maximum Gasteiger partial charge on any atom is 0.191 e. The summed E-state index contributed by atoms with van der Waals surface area (Å²) in [6.45, 7) is 15.2. The van der Waals surface area contributed by atoms with Crippen molar-refractivity contribution in [1.82, 2.24) is 25.6 Å². The van der Waals surface area contributed by atoms with Crippen LogP contribution in [-0.2, 0) is 6.54 Å². The highest BCUT2D eigenvalue weighted by atomic mass is 16.5. The molecule has 0 atom stereocenters.